The maximum Gasteiger partial charge on any atom is 0.250 e. The number of carbonyl (C=O) groups is 1. The normalized spacial score (nSPS) is 10.9. The summed E-state index contributed by atoms with van der Waals surface area (Å²) in [6.45, 7) is 2.69. The molecular weight excluding hydrogens is 458 g/mol. The Morgan fingerprint density at radius 2 is 2.10 bits per heavy atom. The van der Waals surface area contributed by atoms with Gasteiger partial charge in [0.15, 0.2) is 15.8 Å². The lowest BCUT2D eigenvalue weighted by Gasteiger charge is -2.13. The van der Waals surface area contributed by atoms with Crippen LogP contribution in [0.4, 0.5) is 5.13 Å². The number of carbonyl (C=O) groups excluding carboxylic acids is 1. The Labute approximate surface area is 192 Å². The Morgan fingerprint density at radius 1 is 1.26 bits per heavy atom. The Kier molecular flexibility index (Phi) is 8.51. The van der Waals surface area contributed by atoms with E-state index in [1.165, 1.54) is 29.3 Å². The van der Waals surface area contributed by atoms with Gasteiger partial charge in [-0.2, -0.15) is 5.10 Å². The van der Waals surface area contributed by atoms with Gasteiger partial charge in [0.05, 0.1) is 18.6 Å². The van der Waals surface area contributed by atoms with Crippen LogP contribution >= 0.6 is 34.7 Å². The number of benzene rings is 2. The summed E-state index contributed by atoms with van der Waals surface area (Å²) in [6, 6.07) is 12.9. The van der Waals surface area contributed by atoms with Gasteiger partial charge in [0.1, 0.15) is 6.61 Å². The molecule has 0 aliphatic carbocycles. The number of anilines is 1. The first-order valence-corrected chi connectivity index (χ1v) is 11.4. The molecule has 11 heteroatoms. The first-order valence-electron chi connectivity index (χ1n) is 9.22. The number of halogens is 1. The molecule has 8 nitrogen and oxygen atoms in total. The first kappa shape index (κ1) is 22.9. The summed E-state index contributed by atoms with van der Waals surface area (Å²) in [7, 11) is 0. The van der Waals surface area contributed by atoms with E-state index in [4.69, 9.17) is 26.8 Å². The van der Waals surface area contributed by atoms with Crippen molar-refractivity contribution in [3.8, 4) is 11.5 Å². The van der Waals surface area contributed by atoms with E-state index in [0.717, 1.165) is 11.1 Å². The Bertz CT molecular complexity index is 1060. The van der Waals surface area contributed by atoms with Crippen LogP contribution in [0.3, 0.4) is 0 Å². The van der Waals surface area contributed by atoms with Crippen LogP contribution < -0.4 is 20.6 Å². The molecule has 0 spiro atoms. The van der Waals surface area contributed by atoms with Crippen LogP contribution in [-0.2, 0) is 11.4 Å². The van der Waals surface area contributed by atoms with Gasteiger partial charge in [-0.15, -0.1) is 10.2 Å². The summed E-state index contributed by atoms with van der Waals surface area (Å²) < 4.78 is 12.2. The van der Waals surface area contributed by atoms with Gasteiger partial charge in [0.2, 0.25) is 5.13 Å². The molecule has 0 atom stereocenters. The molecule has 0 aliphatic heterocycles. The second kappa shape index (κ2) is 11.5. The van der Waals surface area contributed by atoms with Gasteiger partial charge in [0, 0.05) is 10.6 Å². The summed E-state index contributed by atoms with van der Waals surface area (Å²) in [5.41, 5.74) is 9.62. The predicted octanol–water partition coefficient (Wildman–Crippen LogP) is 3.99. The van der Waals surface area contributed by atoms with Crippen molar-refractivity contribution in [1.29, 1.82) is 0 Å². The van der Waals surface area contributed by atoms with Crippen molar-refractivity contribution in [2.24, 2.45) is 5.10 Å². The van der Waals surface area contributed by atoms with E-state index in [2.05, 4.69) is 20.7 Å². The van der Waals surface area contributed by atoms with Gasteiger partial charge in [-0.25, -0.2) is 5.43 Å². The fourth-order valence-electron chi connectivity index (χ4n) is 2.38. The number of nitrogen functional groups attached to an aromatic ring is 1. The molecule has 1 heterocycles. The molecule has 162 valence electrons. The van der Waals surface area contributed by atoms with E-state index in [1.807, 2.05) is 37.3 Å². The molecular formula is C20H20ClN5O3S2. The van der Waals surface area contributed by atoms with Crippen molar-refractivity contribution >= 4 is 52.0 Å². The second-order valence-corrected chi connectivity index (χ2v) is 8.65. The van der Waals surface area contributed by atoms with Crippen LogP contribution in [0, 0.1) is 0 Å². The van der Waals surface area contributed by atoms with E-state index in [1.54, 1.807) is 12.1 Å². The predicted molar refractivity (Wildman–Crippen MR) is 124 cm³/mol. The van der Waals surface area contributed by atoms with Crippen LogP contribution in [-0.4, -0.2) is 34.7 Å². The van der Waals surface area contributed by atoms with Gasteiger partial charge in [-0.05, 0) is 36.8 Å². The molecule has 0 bridgehead atoms. The molecule has 0 saturated heterocycles. The topological polar surface area (TPSA) is 112 Å². The van der Waals surface area contributed by atoms with Crippen molar-refractivity contribution in [2.75, 3.05) is 18.1 Å². The van der Waals surface area contributed by atoms with Crippen molar-refractivity contribution in [3.63, 3.8) is 0 Å². The number of nitrogens with one attached hydrogen (secondary N) is 1. The third kappa shape index (κ3) is 7.12. The maximum atomic E-state index is 11.9. The fourth-order valence-corrected chi connectivity index (χ4v) is 4.00. The number of nitrogens with zero attached hydrogens (tertiary/aromatic N) is 3. The Balaban J connectivity index is 1.56. The number of hydrazone groups is 1. The minimum atomic E-state index is -0.264. The number of aromatic nitrogens is 2. The summed E-state index contributed by atoms with van der Waals surface area (Å²) in [6.07, 6.45) is 1.53. The van der Waals surface area contributed by atoms with Crippen molar-refractivity contribution < 1.29 is 14.3 Å². The second-order valence-electron chi connectivity index (χ2n) is 6.01. The van der Waals surface area contributed by atoms with E-state index in [0.29, 0.717) is 39.2 Å². The summed E-state index contributed by atoms with van der Waals surface area (Å²) >= 11 is 8.65. The third-order valence-corrected chi connectivity index (χ3v) is 6.01. The standard InChI is InChI=1S/C20H20ClN5O3S2/c1-2-28-17-9-13(7-8-16(17)29-11-14-5-3-4-6-15(14)21)10-23-24-18(27)12-30-20-26-25-19(22)31-20/h3-10H,2,11-12H2,1H3,(H2,22,25)(H,24,27). The number of rotatable bonds is 10. The van der Waals surface area contributed by atoms with Gasteiger partial charge in [0.25, 0.3) is 5.91 Å². The highest BCUT2D eigenvalue weighted by Crippen LogP contribution is 2.29. The molecule has 3 aromatic rings. The minimum Gasteiger partial charge on any atom is -0.490 e. The molecule has 31 heavy (non-hydrogen) atoms. The number of hydrogen-bond acceptors (Lipinski definition) is 9. The highest BCUT2D eigenvalue weighted by molar-refractivity contribution is 8.01. The van der Waals surface area contributed by atoms with Crippen LogP contribution in [0.15, 0.2) is 51.9 Å². The fraction of sp³-hybridized carbons (Fsp3) is 0.200. The highest BCUT2D eigenvalue weighted by atomic mass is 35.5. The third-order valence-electron chi connectivity index (χ3n) is 3.76. The monoisotopic (exact) mass is 477 g/mol. The van der Waals surface area contributed by atoms with Crippen LogP contribution in [0.2, 0.25) is 5.02 Å². The van der Waals surface area contributed by atoms with Gasteiger partial charge in [-0.1, -0.05) is 52.9 Å². The molecule has 2 aromatic carbocycles. The molecule has 0 saturated carbocycles. The number of hydrogen-bond donors (Lipinski definition) is 2. The number of thioether (sulfide) groups is 1. The molecule has 0 aliphatic rings. The van der Waals surface area contributed by atoms with E-state index >= 15 is 0 Å². The Hall–Kier alpha value is -2.82. The minimum absolute atomic E-state index is 0.158. The lowest BCUT2D eigenvalue weighted by molar-refractivity contribution is -0.118. The average molecular weight is 478 g/mol. The average Bonchev–Trinajstić information content (AvgIpc) is 3.18. The van der Waals surface area contributed by atoms with Crippen LogP contribution in [0.25, 0.3) is 0 Å². The highest BCUT2D eigenvalue weighted by Gasteiger charge is 2.09. The largest absolute Gasteiger partial charge is 0.490 e. The quantitative estimate of drug-likeness (QED) is 0.258. The lowest BCUT2D eigenvalue weighted by atomic mass is 10.2. The molecule has 3 rings (SSSR count). The molecule has 0 fully saturated rings. The Morgan fingerprint density at radius 3 is 2.84 bits per heavy atom. The number of ether oxygens (including phenoxy) is 2. The maximum absolute atomic E-state index is 11.9. The summed E-state index contributed by atoms with van der Waals surface area (Å²) in [5.74, 6) is 1.06. The van der Waals surface area contributed by atoms with Gasteiger partial charge >= 0.3 is 0 Å². The smallest absolute Gasteiger partial charge is 0.250 e. The van der Waals surface area contributed by atoms with Crippen molar-refractivity contribution in [2.45, 2.75) is 17.9 Å². The number of nitrogens with two attached hydrogens (primary N) is 1. The zero-order valence-corrected chi connectivity index (χ0v) is 19.0. The molecule has 3 N–H and O–H groups in total. The lowest BCUT2D eigenvalue weighted by Crippen LogP contribution is -2.19. The van der Waals surface area contributed by atoms with E-state index in [9.17, 15) is 4.79 Å². The van der Waals surface area contributed by atoms with E-state index in [-0.39, 0.29) is 11.7 Å². The van der Waals surface area contributed by atoms with Crippen LogP contribution in [0.1, 0.15) is 18.1 Å². The summed E-state index contributed by atoms with van der Waals surface area (Å²) in [5, 5.41) is 12.5. The number of amides is 1. The zero-order valence-electron chi connectivity index (χ0n) is 16.6. The first-order chi connectivity index (χ1) is 15.0. The van der Waals surface area contributed by atoms with Gasteiger partial charge in [-0.3, -0.25) is 4.79 Å². The van der Waals surface area contributed by atoms with Crippen molar-refractivity contribution in [1.82, 2.24) is 15.6 Å². The molecule has 1 aromatic heterocycles. The molecule has 0 radical (unpaired) electrons. The van der Waals surface area contributed by atoms with Gasteiger partial charge < -0.3 is 15.2 Å². The van der Waals surface area contributed by atoms with E-state index < -0.39 is 0 Å². The molecule has 1 amide bonds. The molecule has 0 unspecified atom stereocenters. The summed E-state index contributed by atoms with van der Waals surface area (Å²) in [4.78, 5) is 11.9. The van der Waals surface area contributed by atoms with Crippen LogP contribution in [0.5, 0.6) is 11.5 Å². The SMILES string of the molecule is CCOc1cc(C=NNC(=O)CSc2nnc(N)s2)ccc1OCc1ccccc1Cl. The van der Waals surface area contributed by atoms with Crippen molar-refractivity contribution in [3.05, 3.63) is 58.6 Å². The zero-order chi connectivity index (χ0) is 22.1.